The summed E-state index contributed by atoms with van der Waals surface area (Å²) in [7, 11) is 0. The Morgan fingerprint density at radius 2 is 1.80 bits per heavy atom. The van der Waals surface area contributed by atoms with Crippen LogP contribution < -0.4 is 5.73 Å². The van der Waals surface area contributed by atoms with Crippen LogP contribution in [0, 0.1) is 5.41 Å². The second-order valence-electron chi connectivity index (χ2n) is 3.82. The van der Waals surface area contributed by atoms with E-state index < -0.39 is 0 Å². The third-order valence-electron chi connectivity index (χ3n) is 3.31. The zero-order valence-electron chi connectivity index (χ0n) is 6.63. The molecule has 0 radical (unpaired) electrons. The first-order valence-corrected chi connectivity index (χ1v) is 5.00. The number of rotatable bonds is 0. The largest absolute Gasteiger partial charge is 0.328 e. The maximum Gasteiger partial charge on any atom is 0.00897 e. The van der Waals surface area contributed by atoms with E-state index in [-0.39, 0.29) is 0 Å². The minimum Gasteiger partial charge on any atom is -0.328 e. The van der Waals surface area contributed by atoms with Crippen LogP contribution in [0.15, 0.2) is 0 Å². The van der Waals surface area contributed by atoms with E-state index in [1.807, 2.05) is 0 Å². The summed E-state index contributed by atoms with van der Waals surface area (Å²) in [4.78, 5) is 0. The highest BCUT2D eigenvalue weighted by Gasteiger charge is 2.57. The van der Waals surface area contributed by atoms with Crippen LogP contribution in [0.3, 0.4) is 0 Å². The first-order valence-electron chi connectivity index (χ1n) is 4.06. The van der Waals surface area contributed by atoms with Crippen LogP contribution in [0.4, 0.5) is 0 Å². The van der Waals surface area contributed by atoms with Gasteiger partial charge >= 0.3 is 0 Å². The molecule has 1 heterocycles. The Labute approximate surface area is 66.7 Å². The normalized spacial score (nSPS) is 59.7. The van der Waals surface area contributed by atoms with Gasteiger partial charge in [-0.2, -0.15) is 11.8 Å². The molecule has 1 aliphatic heterocycles. The van der Waals surface area contributed by atoms with Crippen molar-refractivity contribution in [2.75, 3.05) is 0 Å². The summed E-state index contributed by atoms with van der Waals surface area (Å²) >= 11 is 2.11. The molecule has 0 aromatic heterocycles. The molecule has 1 aliphatic carbocycles. The van der Waals surface area contributed by atoms with Crippen molar-refractivity contribution in [1.82, 2.24) is 0 Å². The lowest BCUT2D eigenvalue weighted by Crippen LogP contribution is -2.61. The third-order valence-corrected chi connectivity index (χ3v) is 5.07. The van der Waals surface area contributed by atoms with Crippen LogP contribution in [-0.4, -0.2) is 16.5 Å². The molecular formula is C8H15NS. The lowest BCUT2D eigenvalue weighted by atomic mass is 9.61. The molecule has 0 amide bonds. The summed E-state index contributed by atoms with van der Waals surface area (Å²) < 4.78 is 0. The molecule has 1 spiro atoms. The van der Waals surface area contributed by atoms with Crippen molar-refractivity contribution >= 4 is 11.8 Å². The Morgan fingerprint density at radius 3 is 2.00 bits per heavy atom. The highest BCUT2D eigenvalue weighted by Crippen LogP contribution is 2.62. The van der Waals surface area contributed by atoms with Gasteiger partial charge in [-0.05, 0) is 18.3 Å². The maximum absolute atomic E-state index is 5.78. The molecule has 2 atom stereocenters. The molecule has 10 heavy (non-hydrogen) atoms. The Kier molecular flexibility index (Phi) is 1.34. The molecule has 1 saturated heterocycles. The Morgan fingerprint density at radius 1 is 1.30 bits per heavy atom. The van der Waals surface area contributed by atoms with E-state index in [1.165, 1.54) is 12.8 Å². The molecule has 1 nitrogen and oxygen atoms in total. The number of hydrogen-bond acceptors (Lipinski definition) is 2. The van der Waals surface area contributed by atoms with Gasteiger partial charge in [0.2, 0.25) is 0 Å². The van der Waals surface area contributed by atoms with Crippen molar-refractivity contribution in [3.05, 3.63) is 0 Å². The predicted octanol–water partition coefficient (Wildman–Crippen LogP) is 1.62. The van der Waals surface area contributed by atoms with E-state index in [0.29, 0.717) is 11.5 Å². The second-order valence-corrected chi connectivity index (χ2v) is 5.51. The van der Waals surface area contributed by atoms with E-state index in [4.69, 9.17) is 5.73 Å². The zero-order valence-corrected chi connectivity index (χ0v) is 7.45. The number of hydrogen-bond donors (Lipinski definition) is 1. The molecule has 0 aromatic rings. The van der Waals surface area contributed by atoms with Crippen molar-refractivity contribution in [2.45, 2.75) is 43.2 Å². The van der Waals surface area contributed by atoms with E-state index in [1.54, 1.807) is 0 Å². The van der Waals surface area contributed by atoms with Gasteiger partial charge in [0.05, 0.1) is 0 Å². The average molecular weight is 157 g/mol. The van der Waals surface area contributed by atoms with E-state index in [0.717, 1.165) is 10.5 Å². The Hall–Kier alpha value is 0.310. The van der Waals surface area contributed by atoms with Crippen molar-refractivity contribution < 1.29 is 0 Å². The second kappa shape index (κ2) is 1.92. The van der Waals surface area contributed by atoms with Crippen LogP contribution >= 0.6 is 11.8 Å². The summed E-state index contributed by atoms with van der Waals surface area (Å²) in [6.45, 7) is 4.69. The smallest absolute Gasteiger partial charge is 0.00897 e. The fourth-order valence-corrected chi connectivity index (χ4v) is 4.14. The summed E-state index contributed by atoms with van der Waals surface area (Å²) in [5, 5.41) is 1.75. The number of thioether (sulfide) groups is 1. The van der Waals surface area contributed by atoms with Crippen molar-refractivity contribution in [3.8, 4) is 0 Å². The first-order chi connectivity index (χ1) is 4.65. The molecule has 2 rings (SSSR count). The molecule has 1 saturated carbocycles. The fourth-order valence-electron chi connectivity index (χ4n) is 2.42. The summed E-state index contributed by atoms with van der Waals surface area (Å²) in [5.41, 5.74) is 6.45. The van der Waals surface area contributed by atoms with Crippen molar-refractivity contribution in [3.63, 3.8) is 0 Å². The van der Waals surface area contributed by atoms with Crippen LogP contribution in [0.1, 0.15) is 26.7 Å². The zero-order chi connectivity index (χ0) is 7.35. The standard InChI is InChI=1S/C8H15NS/c1-5-8(6(2)10-5)3-7(9)4-8/h5-7H,3-4,9H2,1-2H3. The first kappa shape index (κ1) is 6.99. The summed E-state index contributed by atoms with van der Waals surface area (Å²) in [6.07, 6.45) is 2.56. The molecular weight excluding hydrogens is 142 g/mol. The Bertz CT molecular complexity index is 141. The van der Waals surface area contributed by atoms with Crippen LogP contribution in [-0.2, 0) is 0 Å². The molecule has 0 bridgehead atoms. The minimum atomic E-state index is 0.519. The van der Waals surface area contributed by atoms with Gasteiger partial charge in [0, 0.05) is 16.5 Å². The Balaban J connectivity index is 2.03. The third kappa shape index (κ3) is 0.641. The molecule has 2 aliphatic rings. The van der Waals surface area contributed by atoms with Crippen LogP contribution in [0.25, 0.3) is 0 Å². The minimum absolute atomic E-state index is 0.519. The molecule has 2 heteroatoms. The van der Waals surface area contributed by atoms with Crippen molar-refractivity contribution in [1.29, 1.82) is 0 Å². The molecule has 2 N–H and O–H groups in total. The highest BCUT2D eigenvalue weighted by molar-refractivity contribution is 8.02. The van der Waals surface area contributed by atoms with E-state index in [2.05, 4.69) is 25.6 Å². The fraction of sp³-hybridized carbons (Fsp3) is 1.00. The van der Waals surface area contributed by atoms with Gasteiger partial charge in [0.1, 0.15) is 0 Å². The summed E-state index contributed by atoms with van der Waals surface area (Å²) in [6, 6.07) is 0.519. The molecule has 58 valence electrons. The molecule has 0 aromatic carbocycles. The van der Waals surface area contributed by atoms with Crippen LogP contribution in [0.2, 0.25) is 0 Å². The van der Waals surface area contributed by atoms with Gasteiger partial charge in [-0.1, -0.05) is 13.8 Å². The van der Waals surface area contributed by atoms with Crippen LogP contribution in [0.5, 0.6) is 0 Å². The van der Waals surface area contributed by atoms with Crippen molar-refractivity contribution in [2.24, 2.45) is 11.1 Å². The van der Waals surface area contributed by atoms with Gasteiger partial charge in [-0.25, -0.2) is 0 Å². The monoisotopic (exact) mass is 157 g/mol. The number of nitrogens with two attached hydrogens (primary N) is 1. The SMILES string of the molecule is CC1SC(C)C12CC(N)C2. The highest BCUT2D eigenvalue weighted by atomic mass is 32.2. The quantitative estimate of drug-likeness (QED) is 0.578. The molecule has 2 fully saturated rings. The average Bonchev–Trinajstić information content (AvgIpc) is 1.81. The van der Waals surface area contributed by atoms with Gasteiger partial charge in [-0.3, -0.25) is 0 Å². The van der Waals surface area contributed by atoms with Gasteiger partial charge < -0.3 is 5.73 Å². The maximum atomic E-state index is 5.78. The lowest BCUT2D eigenvalue weighted by molar-refractivity contribution is 0.0867. The van der Waals surface area contributed by atoms with Gasteiger partial charge in [0.25, 0.3) is 0 Å². The predicted molar refractivity (Wildman–Crippen MR) is 46.2 cm³/mol. The van der Waals surface area contributed by atoms with E-state index >= 15 is 0 Å². The molecule has 2 unspecified atom stereocenters. The topological polar surface area (TPSA) is 26.0 Å². The lowest BCUT2D eigenvalue weighted by Gasteiger charge is -2.61. The van der Waals surface area contributed by atoms with E-state index in [9.17, 15) is 0 Å². The van der Waals surface area contributed by atoms with Gasteiger partial charge in [-0.15, -0.1) is 0 Å². The summed E-state index contributed by atoms with van der Waals surface area (Å²) in [5.74, 6) is 0. The van der Waals surface area contributed by atoms with Gasteiger partial charge in [0.15, 0.2) is 0 Å².